The van der Waals surface area contributed by atoms with Crippen molar-refractivity contribution < 1.29 is 18.5 Å². The van der Waals surface area contributed by atoms with E-state index in [1.165, 1.54) is 24.3 Å². The topological polar surface area (TPSA) is 115 Å². The molecule has 9 nitrogen and oxygen atoms in total. The molecule has 3 heterocycles. The van der Waals surface area contributed by atoms with Crippen LogP contribution in [0.4, 0.5) is 4.39 Å². The average Bonchev–Trinajstić information content (AvgIpc) is 3.36. The number of nitrogens with zero attached hydrogens (tertiary/aromatic N) is 5. The van der Waals surface area contributed by atoms with Crippen LogP contribution in [-0.4, -0.2) is 36.4 Å². The van der Waals surface area contributed by atoms with Crippen LogP contribution in [0.25, 0.3) is 17.1 Å². The van der Waals surface area contributed by atoms with Crippen molar-refractivity contribution in [2.75, 3.05) is 0 Å². The molecule has 30 heavy (non-hydrogen) atoms. The van der Waals surface area contributed by atoms with Gasteiger partial charge in [-0.2, -0.15) is 4.98 Å². The van der Waals surface area contributed by atoms with Gasteiger partial charge in [0.05, 0.1) is 6.54 Å². The van der Waals surface area contributed by atoms with E-state index in [1.807, 2.05) is 0 Å². The van der Waals surface area contributed by atoms with Gasteiger partial charge in [-0.25, -0.2) is 4.39 Å². The SMILES string of the molecule is Cc1noc(-c2ccn3c(CNC(=O)CCC(=O)c4ccc(F)cc4)nnc3c2)n1. The molecule has 4 rings (SSSR count). The maximum absolute atomic E-state index is 12.9. The van der Waals surface area contributed by atoms with Crippen LogP contribution in [0.15, 0.2) is 47.1 Å². The number of benzene rings is 1. The number of pyridine rings is 1. The van der Waals surface area contributed by atoms with E-state index in [2.05, 4.69) is 25.7 Å². The van der Waals surface area contributed by atoms with Crippen LogP contribution in [0, 0.1) is 12.7 Å². The number of fused-ring (bicyclic) bond motifs is 1. The second-order valence-corrected chi connectivity index (χ2v) is 6.61. The minimum absolute atomic E-state index is 0.0214. The normalized spacial score (nSPS) is 11.0. The van der Waals surface area contributed by atoms with Gasteiger partial charge in [0.1, 0.15) is 5.82 Å². The summed E-state index contributed by atoms with van der Waals surface area (Å²) in [4.78, 5) is 28.3. The summed E-state index contributed by atoms with van der Waals surface area (Å²) in [5.41, 5.74) is 1.66. The largest absolute Gasteiger partial charge is 0.349 e. The number of ketones is 1. The third-order valence-electron chi connectivity index (χ3n) is 4.44. The summed E-state index contributed by atoms with van der Waals surface area (Å²) in [6, 6.07) is 8.79. The maximum atomic E-state index is 12.9. The molecule has 1 N–H and O–H groups in total. The molecule has 0 unspecified atom stereocenters. The fourth-order valence-electron chi connectivity index (χ4n) is 2.88. The van der Waals surface area contributed by atoms with E-state index in [0.29, 0.717) is 34.3 Å². The molecule has 3 aromatic heterocycles. The van der Waals surface area contributed by atoms with Gasteiger partial charge in [-0.3, -0.25) is 14.0 Å². The lowest BCUT2D eigenvalue weighted by Crippen LogP contribution is -2.24. The summed E-state index contributed by atoms with van der Waals surface area (Å²) in [6.45, 7) is 1.89. The number of halogens is 1. The Morgan fingerprint density at radius 1 is 1.13 bits per heavy atom. The predicted octanol–water partition coefficient (Wildman–Crippen LogP) is 2.51. The van der Waals surface area contributed by atoms with E-state index in [-0.39, 0.29) is 31.1 Å². The fourth-order valence-corrected chi connectivity index (χ4v) is 2.88. The Balaban J connectivity index is 1.34. The van der Waals surface area contributed by atoms with E-state index < -0.39 is 5.82 Å². The molecule has 0 saturated heterocycles. The Labute approximate surface area is 169 Å². The molecular formula is C20H17FN6O3. The first kappa shape index (κ1) is 19.4. The molecule has 0 bridgehead atoms. The number of rotatable bonds is 7. The highest BCUT2D eigenvalue weighted by molar-refractivity contribution is 5.97. The Hall–Kier alpha value is -3.95. The van der Waals surface area contributed by atoms with E-state index in [1.54, 1.807) is 29.7 Å². The minimum Gasteiger partial charge on any atom is -0.349 e. The number of nitrogens with one attached hydrogen (secondary N) is 1. The van der Waals surface area contributed by atoms with E-state index in [0.717, 1.165) is 0 Å². The molecule has 0 aliphatic heterocycles. The second-order valence-electron chi connectivity index (χ2n) is 6.61. The van der Waals surface area contributed by atoms with Crippen LogP contribution in [0.5, 0.6) is 0 Å². The molecule has 0 radical (unpaired) electrons. The van der Waals surface area contributed by atoms with Gasteiger partial charge in [0.15, 0.2) is 23.1 Å². The summed E-state index contributed by atoms with van der Waals surface area (Å²) in [7, 11) is 0. The van der Waals surface area contributed by atoms with Crippen molar-refractivity contribution in [1.29, 1.82) is 0 Å². The first-order valence-electron chi connectivity index (χ1n) is 9.19. The summed E-state index contributed by atoms with van der Waals surface area (Å²) in [5, 5.41) is 14.7. The number of aryl methyl sites for hydroxylation is 1. The fraction of sp³-hybridized carbons (Fsp3) is 0.200. The summed E-state index contributed by atoms with van der Waals surface area (Å²) >= 11 is 0. The number of carbonyl (C=O) groups excluding carboxylic acids is 2. The zero-order valence-corrected chi connectivity index (χ0v) is 16.0. The molecule has 0 aliphatic rings. The molecule has 0 saturated carbocycles. The molecule has 0 aliphatic carbocycles. The molecule has 0 fully saturated rings. The maximum Gasteiger partial charge on any atom is 0.258 e. The molecule has 0 spiro atoms. The highest BCUT2D eigenvalue weighted by atomic mass is 19.1. The van der Waals surface area contributed by atoms with Gasteiger partial charge in [-0.05, 0) is 43.3 Å². The van der Waals surface area contributed by atoms with Crippen LogP contribution < -0.4 is 5.32 Å². The molecule has 1 aromatic carbocycles. The molecule has 0 atom stereocenters. The van der Waals surface area contributed by atoms with Crippen molar-refractivity contribution in [3.05, 3.63) is 65.6 Å². The Kier molecular flexibility index (Phi) is 5.29. The Morgan fingerprint density at radius 3 is 2.67 bits per heavy atom. The van der Waals surface area contributed by atoms with E-state index in [9.17, 15) is 14.0 Å². The van der Waals surface area contributed by atoms with Crippen LogP contribution in [0.1, 0.15) is 34.8 Å². The third-order valence-corrected chi connectivity index (χ3v) is 4.44. The number of hydrogen-bond acceptors (Lipinski definition) is 7. The average molecular weight is 408 g/mol. The zero-order valence-electron chi connectivity index (χ0n) is 16.0. The number of amides is 1. The lowest BCUT2D eigenvalue weighted by Gasteiger charge is -2.05. The van der Waals surface area contributed by atoms with Gasteiger partial charge in [0, 0.05) is 30.2 Å². The van der Waals surface area contributed by atoms with E-state index in [4.69, 9.17) is 4.52 Å². The van der Waals surface area contributed by atoms with Crippen LogP contribution in [0.3, 0.4) is 0 Å². The van der Waals surface area contributed by atoms with Gasteiger partial charge in [-0.15, -0.1) is 10.2 Å². The molecular weight excluding hydrogens is 391 g/mol. The molecule has 152 valence electrons. The van der Waals surface area contributed by atoms with Gasteiger partial charge >= 0.3 is 0 Å². The van der Waals surface area contributed by atoms with Crippen molar-refractivity contribution in [1.82, 2.24) is 30.1 Å². The first-order chi connectivity index (χ1) is 14.5. The Morgan fingerprint density at radius 2 is 1.93 bits per heavy atom. The monoisotopic (exact) mass is 408 g/mol. The zero-order chi connectivity index (χ0) is 21.1. The lowest BCUT2D eigenvalue weighted by atomic mass is 10.1. The second kappa shape index (κ2) is 8.19. The van der Waals surface area contributed by atoms with E-state index >= 15 is 0 Å². The van der Waals surface area contributed by atoms with Crippen LogP contribution in [-0.2, 0) is 11.3 Å². The molecule has 1 amide bonds. The highest BCUT2D eigenvalue weighted by Crippen LogP contribution is 2.18. The van der Waals surface area contributed by atoms with Crippen molar-refractivity contribution in [3.8, 4) is 11.5 Å². The quantitative estimate of drug-likeness (QED) is 0.467. The van der Waals surface area contributed by atoms with Crippen LogP contribution in [0.2, 0.25) is 0 Å². The number of aromatic nitrogens is 5. The predicted molar refractivity (Wildman–Crippen MR) is 103 cm³/mol. The number of hydrogen-bond donors (Lipinski definition) is 1. The third kappa shape index (κ3) is 4.22. The number of Topliss-reactive ketones (excluding diaryl/α,β-unsaturated/α-hetero) is 1. The standard InChI is InChI=1S/C20H17FN6O3/c1-12-23-20(30-26-12)14-8-9-27-17(10-14)24-25-18(27)11-22-19(29)7-6-16(28)13-2-4-15(21)5-3-13/h2-5,8-10H,6-7,11H2,1H3,(H,22,29). The van der Waals surface area contributed by atoms with Crippen molar-refractivity contribution >= 4 is 17.3 Å². The van der Waals surface area contributed by atoms with Crippen molar-refractivity contribution in [2.24, 2.45) is 0 Å². The van der Waals surface area contributed by atoms with Crippen molar-refractivity contribution in [2.45, 2.75) is 26.3 Å². The van der Waals surface area contributed by atoms with Gasteiger partial charge in [0.25, 0.3) is 5.89 Å². The van der Waals surface area contributed by atoms with Gasteiger partial charge < -0.3 is 9.84 Å². The molecule has 4 aromatic rings. The summed E-state index contributed by atoms with van der Waals surface area (Å²) in [5.74, 6) is 0.536. The Bertz CT molecular complexity index is 1210. The first-order valence-corrected chi connectivity index (χ1v) is 9.19. The lowest BCUT2D eigenvalue weighted by molar-refractivity contribution is -0.121. The van der Waals surface area contributed by atoms with Gasteiger partial charge in [0.2, 0.25) is 5.91 Å². The highest BCUT2D eigenvalue weighted by Gasteiger charge is 2.13. The van der Waals surface area contributed by atoms with Crippen LogP contribution >= 0.6 is 0 Å². The summed E-state index contributed by atoms with van der Waals surface area (Å²) in [6.07, 6.45) is 1.81. The van der Waals surface area contributed by atoms with Crippen molar-refractivity contribution in [3.63, 3.8) is 0 Å². The minimum atomic E-state index is -0.413. The summed E-state index contributed by atoms with van der Waals surface area (Å²) < 4.78 is 19.8. The molecule has 10 heteroatoms. The smallest absolute Gasteiger partial charge is 0.258 e. The number of carbonyl (C=O) groups is 2. The van der Waals surface area contributed by atoms with Gasteiger partial charge in [-0.1, -0.05) is 5.16 Å².